The summed E-state index contributed by atoms with van der Waals surface area (Å²) < 4.78 is 8.74. The zero-order valence-corrected chi connectivity index (χ0v) is 6.94. The molecule has 0 amide bonds. The standard InChI is InChI=1S/C8H10O4/c1-7(9)12-6-4-3-5-8(10)11-2/h3-6H,1-2H3/b5-3+,6-4?. The molecule has 0 aromatic heterocycles. The lowest BCUT2D eigenvalue weighted by atomic mass is 10.5. The third kappa shape index (κ3) is 6.54. The summed E-state index contributed by atoms with van der Waals surface area (Å²) >= 11 is 0. The Morgan fingerprint density at radius 3 is 2.42 bits per heavy atom. The summed E-state index contributed by atoms with van der Waals surface area (Å²) in [7, 11) is 1.28. The second-order valence-electron chi connectivity index (χ2n) is 1.82. The number of carbonyl (C=O) groups is 2. The minimum atomic E-state index is -0.456. The van der Waals surface area contributed by atoms with E-state index in [2.05, 4.69) is 9.47 Å². The summed E-state index contributed by atoms with van der Waals surface area (Å²) in [6, 6.07) is 0. The Morgan fingerprint density at radius 1 is 1.25 bits per heavy atom. The lowest BCUT2D eigenvalue weighted by molar-refractivity contribution is -0.136. The van der Waals surface area contributed by atoms with Gasteiger partial charge in [0, 0.05) is 13.0 Å². The molecular weight excluding hydrogens is 160 g/mol. The van der Waals surface area contributed by atoms with E-state index in [1.165, 1.54) is 38.5 Å². The van der Waals surface area contributed by atoms with Gasteiger partial charge in [0.05, 0.1) is 13.4 Å². The topological polar surface area (TPSA) is 52.6 Å². The number of rotatable bonds is 3. The molecule has 4 nitrogen and oxygen atoms in total. The molecule has 66 valence electrons. The fraction of sp³-hybridized carbons (Fsp3) is 0.250. The van der Waals surface area contributed by atoms with Crippen molar-refractivity contribution in [1.29, 1.82) is 0 Å². The van der Waals surface area contributed by atoms with Gasteiger partial charge in [-0.05, 0) is 6.08 Å². The van der Waals surface area contributed by atoms with Crippen LogP contribution < -0.4 is 0 Å². The molecule has 4 heteroatoms. The van der Waals surface area contributed by atoms with Gasteiger partial charge in [-0.2, -0.15) is 0 Å². The monoisotopic (exact) mass is 170 g/mol. The fourth-order valence-electron chi connectivity index (χ4n) is 0.383. The Kier molecular flexibility index (Phi) is 5.34. The summed E-state index contributed by atoms with van der Waals surface area (Å²) in [6.07, 6.45) is 5.22. The van der Waals surface area contributed by atoms with Gasteiger partial charge in [0.25, 0.3) is 0 Å². The van der Waals surface area contributed by atoms with E-state index in [9.17, 15) is 9.59 Å². The maximum atomic E-state index is 10.5. The van der Waals surface area contributed by atoms with Crippen molar-refractivity contribution in [3.8, 4) is 0 Å². The van der Waals surface area contributed by atoms with Gasteiger partial charge in [-0.25, -0.2) is 4.79 Å². The predicted molar refractivity (Wildman–Crippen MR) is 42.1 cm³/mol. The molecule has 0 aliphatic carbocycles. The minimum absolute atomic E-state index is 0.405. The molecule has 0 bridgehead atoms. The van der Waals surface area contributed by atoms with Crippen molar-refractivity contribution in [2.24, 2.45) is 0 Å². The second-order valence-corrected chi connectivity index (χ2v) is 1.82. The van der Waals surface area contributed by atoms with E-state index in [0.29, 0.717) is 0 Å². The van der Waals surface area contributed by atoms with Crippen molar-refractivity contribution >= 4 is 11.9 Å². The predicted octanol–water partition coefficient (Wildman–Crippen LogP) is 0.792. The summed E-state index contributed by atoms with van der Waals surface area (Å²) in [5.74, 6) is -0.861. The Bertz CT molecular complexity index is 215. The van der Waals surface area contributed by atoms with Crippen LogP contribution in [0.1, 0.15) is 6.92 Å². The maximum absolute atomic E-state index is 10.5. The number of carbonyl (C=O) groups excluding carboxylic acids is 2. The van der Waals surface area contributed by atoms with E-state index in [1.54, 1.807) is 0 Å². The van der Waals surface area contributed by atoms with Crippen LogP contribution in [0.3, 0.4) is 0 Å². The third-order valence-corrected chi connectivity index (χ3v) is 0.857. The van der Waals surface area contributed by atoms with Crippen molar-refractivity contribution < 1.29 is 19.1 Å². The van der Waals surface area contributed by atoms with Crippen LogP contribution in [0.2, 0.25) is 0 Å². The Balaban J connectivity index is 3.66. The van der Waals surface area contributed by atoms with Gasteiger partial charge in [0.1, 0.15) is 0 Å². The fourth-order valence-corrected chi connectivity index (χ4v) is 0.383. The van der Waals surface area contributed by atoms with E-state index < -0.39 is 11.9 Å². The molecule has 0 spiro atoms. The summed E-state index contributed by atoms with van der Waals surface area (Å²) in [5, 5.41) is 0. The lowest BCUT2D eigenvalue weighted by Crippen LogP contribution is -1.93. The summed E-state index contributed by atoms with van der Waals surface area (Å²) in [6.45, 7) is 1.29. The van der Waals surface area contributed by atoms with Crippen LogP contribution in [0.15, 0.2) is 24.5 Å². The summed E-state index contributed by atoms with van der Waals surface area (Å²) in [4.78, 5) is 20.7. The number of allylic oxidation sites excluding steroid dienone is 2. The first-order chi connectivity index (χ1) is 5.66. The van der Waals surface area contributed by atoms with Crippen LogP contribution in [0.25, 0.3) is 0 Å². The Labute approximate surface area is 70.5 Å². The van der Waals surface area contributed by atoms with Gasteiger partial charge < -0.3 is 9.47 Å². The van der Waals surface area contributed by atoms with Crippen LogP contribution in [0, 0.1) is 0 Å². The normalized spacial score (nSPS) is 10.5. The second kappa shape index (κ2) is 6.15. The highest BCUT2D eigenvalue weighted by Crippen LogP contribution is 1.82. The smallest absolute Gasteiger partial charge is 0.330 e. The molecule has 0 saturated heterocycles. The van der Waals surface area contributed by atoms with Crippen LogP contribution in [-0.2, 0) is 19.1 Å². The largest absolute Gasteiger partial charge is 0.466 e. The first kappa shape index (κ1) is 10.4. The van der Waals surface area contributed by atoms with E-state index in [0.717, 1.165) is 0 Å². The van der Waals surface area contributed by atoms with E-state index in [-0.39, 0.29) is 0 Å². The van der Waals surface area contributed by atoms with Crippen molar-refractivity contribution in [3.63, 3.8) is 0 Å². The quantitative estimate of drug-likeness (QED) is 0.272. The summed E-state index contributed by atoms with van der Waals surface area (Å²) in [5.41, 5.74) is 0. The zero-order valence-electron chi connectivity index (χ0n) is 6.94. The molecule has 0 aromatic carbocycles. The zero-order chi connectivity index (χ0) is 9.40. The number of ether oxygens (including phenoxy) is 2. The molecular formula is C8H10O4. The molecule has 0 fully saturated rings. The first-order valence-electron chi connectivity index (χ1n) is 3.25. The molecule has 0 aromatic rings. The highest BCUT2D eigenvalue weighted by Gasteiger charge is 1.87. The lowest BCUT2D eigenvalue weighted by Gasteiger charge is -1.88. The van der Waals surface area contributed by atoms with Gasteiger partial charge in [-0.1, -0.05) is 6.08 Å². The molecule has 0 atom stereocenters. The van der Waals surface area contributed by atoms with Crippen LogP contribution in [0.5, 0.6) is 0 Å². The van der Waals surface area contributed by atoms with Gasteiger partial charge >= 0.3 is 11.9 Å². The number of hydrogen-bond donors (Lipinski definition) is 0. The van der Waals surface area contributed by atoms with Gasteiger partial charge in [-0.15, -0.1) is 0 Å². The van der Waals surface area contributed by atoms with E-state index >= 15 is 0 Å². The first-order valence-corrected chi connectivity index (χ1v) is 3.25. The molecule has 0 aliphatic heterocycles. The SMILES string of the molecule is COC(=O)/C=C/C=COC(C)=O. The molecule has 0 unspecified atom stereocenters. The van der Waals surface area contributed by atoms with Gasteiger partial charge in [-0.3, -0.25) is 4.79 Å². The Hall–Kier alpha value is -1.58. The molecule has 0 aliphatic rings. The van der Waals surface area contributed by atoms with Gasteiger partial charge in [0.15, 0.2) is 0 Å². The average molecular weight is 170 g/mol. The molecule has 0 rings (SSSR count). The molecule has 0 heterocycles. The third-order valence-electron chi connectivity index (χ3n) is 0.857. The molecule has 0 N–H and O–H groups in total. The van der Waals surface area contributed by atoms with Crippen LogP contribution >= 0.6 is 0 Å². The highest BCUT2D eigenvalue weighted by atomic mass is 16.5. The van der Waals surface area contributed by atoms with Gasteiger partial charge in [0.2, 0.25) is 0 Å². The molecule has 0 saturated carbocycles. The van der Waals surface area contributed by atoms with Crippen molar-refractivity contribution in [3.05, 3.63) is 24.5 Å². The van der Waals surface area contributed by atoms with Crippen molar-refractivity contribution in [1.82, 2.24) is 0 Å². The molecule has 12 heavy (non-hydrogen) atoms. The average Bonchev–Trinajstić information content (AvgIpc) is 2.03. The number of hydrogen-bond acceptors (Lipinski definition) is 4. The number of esters is 2. The van der Waals surface area contributed by atoms with Crippen molar-refractivity contribution in [2.45, 2.75) is 6.92 Å². The Morgan fingerprint density at radius 2 is 1.92 bits per heavy atom. The van der Waals surface area contributed by atoms with E-state index in [1.807, 2.05) is 0 Å². The van der Waals surface area contributed by atoms with Crippen molar-refractivity contribution in [2.75, 3.05) is 7.11 Å². The maximum Gasteiger partial charge on any atom is 0.330 e. The number of methoxy groups -OCH3 is 1. The van der Waals surface area contributed by atoms with Crippen LogP contribution in [0.4, 0.5) is 0 Å². The minimum Gasteiger partial charge on any atom is -0.466 e. The molecule has 0 radical (unpaired) electrons. The highest BCUT2D eigenvalue weighted by molar-refractivity contribution is 5.82. The van der Waals surface area contributed by atoms with E-state index in [4.69, 9.17) is 0 Å². The van der Waals surface area contributed by atoms with Crippen LogP contribution in [-0.4, -0.2) is 19.0 Å².